The van der Waals surface area contributed by atoms with Gasteiger partial charge in [0.25, 0.3) is 0 Å². The summed E-state index contributed by atoms with van der Waals surface area (Å²) < 4.78 is 5.74. The van der Waals surface area contributed by atoms with Gasteiger partial charge in [-0.3, -0.25) is 4.79 Å². The van der Waals surface area contributed by atoms with Crippen molar-refractivity contribution in [3.05, 3.63) is 129 Å². The third-order valence-corrected chi connectivity index (χ3v) is 7.54. The van der Waals surface area contributed by atoms with E-state index < -0.39 is 12.0 Å². The standard InChI is InChI=1S/C30H26ClN3O3S/c1-20-27(29(36)37-18-22-12-6-3-7-13-22)28(24-14-8-9-15-25(24)31)34-23(19-38-30(34)33-20)16-26(35)32-17-21-10-4-2-5-11-21/h2-15,19,28H,16-18H2,1H3,(H,32,35). The van der Waals surface area contributed by atoms with Crippen LogP contribution in [0.2, 0.25) is 5.02 Å². The molecule has 2 heterocycles. The van der Waals surface area contributed by atoms with E-state index in [1.807, 2.05) is 89.2 Å². The number of carbonyl (C=O) groups is 2. The number of benzene rings is 3. The zero-order valence-electron chi connectivity index (χ0n) is 20.8. The number of carbonyl (C=O) groups excluding carboxylic acids is 2. The summed E-state index contributed by atoms with van der Waals surface area (Å²) in [5.74, 6) is -0.594. The number of allylic oxidation sites excluding steroid dienone is 1. The van der Waals surface area contributed by atoms with Crippen LogP contribution in [0.15, 0.2) is 112 Å². The minimum absolute atomic E-state index is 0.126. The number of halogens is 1. The number of aliphatic imine (C=N–C) groups is 1. The molecule has 0 bridgehead atoms. The van der Waals surface area contributed by atoms with Gasteiger partial charge in [0.2, 0.25) is 5.91 Å². The first kappa shape index (κ1) is 25.8. The van der Waals surface area contributed by atoms with Gasteiger partial charge in [-0.05, 0) is 35.1 Å². The maximum Gasteiger partial charge on any atom is 0.338 e. The maximum atomic E-state index is 13.5. The lowest BCUT2D eigenvalue weighted by Gasteiger charge is -2.36. The number of amides is 1. The van der Waals surface area contributed by atoms with Crippen molar-refractivity contribution in [3.63, 3.8) is 0 Å². The van der Waals surface area contributed by atoms with Crippen molar-refractivity contribution in [2.75, 3.05) is 0 Å². The number of thioether (sulfide) groups is 1. The van der Waals surface area contributed by atoms with Crippen LogP contribution in [0.3, 0.4) is 0 Å². The molecule has 1 atom stereocenters. The number of ether oxygens (including phenoxy) is 1. The summed E-state index contributed by atoms with van der Waals surface area (Å²) in [4.78, 5) is 33.1. The van der Waals surface area contributed by atoms with E-state index in [0.717, 1.165) is 22.4 Å². The number of nitrogens with one attached hydrogen (secondary N) is 1. The first-order valence-electron chi connectivity index (χ1n) is 12.2. The topological polar surface area (TPSA) is 71.0 Å². The quantitative estimate of drug-likeness (QED) is 0.334. The Morgan fingerprint density at radius 2 is 1.63 bits per heavy atom. The van der Waals surface area contributed by atoms with Crippen molar-refractivity contribution in [2.24, 2.45) is 4.99 Å². The zero-order valence-corrected chi connectivity index (χ0v) is 22.3. The second-order valence-electron chi connectivity index (χ2n) is 8.92. The molecule has 192 valence electrons. The van der Waals surface area contributed by atoms with Crippen LogP contribution in [0.1, 0.15) is 36.1 Å². The van der Waals surface area contributed by atoms with Crippen LogP contribution in [-0.4, -0.2) is 21.9 Å². The third-order valence-electron chi connectivity index (χ3n) is 6.31. The van der Waals surface area contributed by atoms with E-state index in [-0.39, 0.29) is 18.9 Å². The predicted octanol–water partition coefficient (Wildman–Crippen LogP) is 6.36. The Labute approximate surface area is 231 Å². The van der Waals surface area contributed by atoms with Gasteiger partial charge in [0.05, 0.1) is 23.7 Å². The molecule has 0 aromatic heterocycles. The summed E-state index contributed by atoms with van der Waals surface area (Å²) in [5, 5.41) is 6.11. The molecule has 3 aromatic rings. The van der Waals surface area contributed by atoms with Gasteiger partial charge in [-0.2, -0.15) is 0 Å². The molecule has 0 fully saturated rings. The molecule has 1 N–H and O–H groups in total. The highest BCUT2D eigenvalue weighted by molar-refractivity contribution is 8.16. The third kappa shape index (κ3) is 5.69. The lowest BCUT2D eigenvalue weighted by molar-refractivity contribution is -0.141. The Kier molecular flexibility index (Phi) is 7.96. The van der Waals surface area contributed by atoms with Gasteiger partial charge in [0.1, 0.15) is 6.61 Å². The van der Waals surface area contributed by atoms with Crippen LogP contribution in [0.4, 0.5) is 0 Å². The number of amidine groups is 1. The second-order valence-corrected chi connectivity index (χ2v) is 10.2. The lowest BCUT2D eigenvalue weighted by atomic mass is 9.93. The first-order chi connectivity index (χ1) is 18.5. The molecule has 0 spiro atoms. The van der Waals surface area contributed by atoms with E-state index in [0.29, 0.717) is 28.0 Å². The highest BCUT2D eigenvalue weighted by Gasteiger charge is 2.41. The Morgan fingerprint density at radius 3 is 2.34 bits per heavy atom. The van der Waals surface area contributed by atoms with Crippen molar-refractivity contribution < 1.29 is 14.3 Å². The van der Waals surface area contributed by atoms with E-state index in [1.165, 1.54) is 11.8 Å². The fourth-order valence-electron chi connectivity index (χ4n) is 4.45. The fraction of sp³-hybridized carbons (Fsp3) is 0.167. The molecule has 1 unspecified atom stereocenters. The average Bonchev–Trinajstić information content (AvgIpc) is 3.33. The Morgan fingerprint density at radius 1 is 0.974 bits per heavy atom. The Hall–Kier alpha value is -3.81. The molecule has 6 nitrogen and oxygen atoms in total. The summed E-state index contributed by atoms with van der Waals surface area (Å²) in [5.41, 5.74) is 4.36. The fourth-order valence-corrected chi connectivity index (χ4v) is 5.65. The molecule has 1 amide bonds. The van der Waals surface area contributed by atoms with E-state index in [4.69, 9.17) is 21.3 Å². The van der Waals surface area contributed by atoms with Crippen LogP contribution in [0.25, 0.3) is 0 Å². The molecule has 0 saturated carbocycles. The first-order valence-corrected chi connectivity index (χ1v) is 13.5. The van der Waals surface area contributed by atoms with Crippen LogP contribution < -0.4 is 5.32 Å². The molecule has 0 radical (unpaired) electrons. The predicted molar refractivity (Wildman–Crippen MR) is 151 cm³/mol. The number of rotatable bonds is 8. The number of esters is 1. The second kappa shape index (κ2) is 11.7. The maximum absolute atomic E-state index is 13.5. The SMILES string of the molecule is CC1=C(C(=O)OCc2ccccc2)C(c2ccccc2Cl)N2C(CC(=O)NCc3ccccc3)=CSC2=N1. The van der Waals surface area contributed by atoms with Crippen LogP contribution >= 0.6 is 23.4 Å². The number of hydrogen-bond acceptors (Lipinski definition) is 6. The highest BCUT2D eigenvalue weighted by Crippen LogP contribution is 2.46. The summed E-state index contributed by atoms with van der Waals surface area (Å²) in [6, 6.07) is 26.1. The van der Waals surface area contributed by atoms with Crippen molar-refractivity contribution in [2.45, 2.75) is 32.5 Å². The van der Waals surface area contributed by atoms with Gasteiger partial charge < -0.3 is 15.0 Å². The van der Waals surface area contributed by atoms with Crippen LogP contribution in [0, 0.1) is 0 Å². The summed E-state index contributed by atoms with van der Waals surface area (Å²) in [6.45, 7) is 2.38. The number of hydrogen-bond donors (Lipinski definition) is 1. The van der Waals surface area contributed by atoms with Gasteiger partial charge in [0.15, 0.2) is 5.17 Å². The molecule has 38 heavy (non-hydrogen) atoms. The summed E-state index contributed by atoms with van der Waals surface area (Å²) >= 11 is 8.09. The molecule has 5 rings (SSSR count). The number of fused-ring (bicyclic) bond motifs is 1. The minimum Gasteiger partial charge on any atom is -0.457 e. The van der Waals surface area contributed by atoms with Crippen molar-refractivity contribution >= 4 is 40.4 Å². The van der Waals surface area contributed by atoms with Crippen molar-refractivity contribution in [3.8, 4) is 0 Å². The van der Waals surface area contributed by atoms with Crippen LogP contribution in [0.5, 0.6) is 0 Å². The number of nitrogens with zero attached hydrogens (tertiary/aromatic N) is 2. The monoisotopic (exact) mass is 543 g/mol. The Balaban J connectivity index is 1.41. The molecule has 2 aliphatic rings. The van der Waals surface area contributed by atoms with Gasteiger partial charge in [-0.15, -0.1) is 0 Å². The molecular formula is C30H26ClN3O3S. The smallest absolute Gasteiger partial charge is 0.338 e. The van der Waals surface area contributed by atoms with Gasteiger partial charge in [-0.1, -0.05) is 102 Å². The molecule has 0 aliphatic carbocycles. The largest absolute Gasteiger partial charge is 0.457 e. The van der Waals surface area contributed by atoms with Crippen molar-refractivity contribution in [1.82, 2.24) is 10.2 Å². The van der Waals surface area contributed by atoms with E-state index in [2.05, 4.69) is 5.32 Å². The van der Waals surface area contributed by atoms with Gasteiger partial charge >= 0.3 is 5.97 Å². The van der Waals surface area contributed by atoms with E-state index >= 15 is 0 Å². The Bertz CT molecular complexity index is 1440. The molecular weight excluding hydrogens is 518 g/mol. The normalized spacial score (nSPS) is 16.5. The van der Waals surface area contributed by atoms with Gasteiger partial charge in [-0.25, -0.2) is 9.79 Å². The minimum atomic E-state index is -0.581. The van der Waals surface area contributed by atoms with E-state index in [1.54, 1.807) is 13.0 Å². The molecule has 0 saturated heterocycles. The highest BCUT2D eigenvalue weighted by atomic mass is 35.5. The molecule has 8 heteroatoms. The molecule has 2 aliphatic heterocycles. The lowest BCUT2D eigenvalue weighted by Crippen LogP contribution is -2.38. The van der Waals surface area contributed by atoms with Crippen LogP contribution in [-0.2, 0) is 27.5 Å². The van der Waals surface area contributed by atoms with Crippen molar-refractivity contribution in [1.29, 1.82) is 0 Å². The summed E-state index contributed by atoms with van der Waals surface area (Å²) in [6.07, 6.45) is 0.130. The average molecular weight is 544 g/mol. The van der Waals surface area contributed by atoms with Gasteiger partial charge in [0, 0.05) is 17.3 Å². The van der Waals surface area contributed by atoms with E-state index in [9.17, 15) is 9.59 Å². The zero-order chi connectivity index (χ0) is 26.5. The summed E-state index contributed by atoms with van der Waals surface area (Å²) in [7, 11) is 0. The molecule has 3 aromatic carbocycles.